The number of likely N-dealkylation sites (N-methyl/N-ethyl adjacent to an activating group) is 1. The molecule has 1 aliphatic heterocycles. The zero-order valence-electron chi connectivity index (χ0n) is 11.7. The van der Waals surface area contributed by atoms with Crippen molar-refractivity contribution in [3.05, 3.63) is 17.0 Å². The molecule has 108 valence electrons. The number of nitrogens with one attached hydrogen (secondary N) is 2. The van der Waals surface area contributed by atoms with Crippen molar-refractivity contribution < 1.29 is 4.79 Å². The van der Waals surface area contributed by atoms with E-state index in [9.17, 15) is 4.79 Å². The van der Waals surface area contributed by atoms with Crippen molar-refractivity contribution in [2.45, 2.75) is 25.3 Å². The van der Waals surface area contributed by atoms with Crippen molar-refractivity contribution in [1.29, 1.82) is 5.26 Å². The van der Waals surface area contributed by atoms with Gasteiger partial charge in [0, 0.05) is 25.6 Å². The van der Waals surface area contributed by atoms with E-state index in [1.807, 2.05) is 12.4 Å². The number of rotatable bonds is 6. The molecule has 0 radical (unpaired) electrons. The summed E-state index contributed by atoms with van der Waals surface area (Å²) in [5, 5.41) is 17.4. The second-order valence-electron chi connectivity index (χ2n) is 4.96. The number of carbonyl (C=O) groups is 1. The molecule has 2 heterocycles. The second-order valence-corrected chi connectivity index (χ2v) is 5.88. The average molecular weight is 292 g/mol. The number of likely N-dealkylation sites (tertiary alicyclic amines) is 1. The lowest BCUT2D eigenvalue weighted by Crippen LogP contribution is -2.38. The van der Waals surface area contributed by atoms with Crippen LogP contribution in [-0.2, 0) is 4.79 Å². The summed E-state index contributed by atoms with van der Waals surface area (Å²) < 4.78 is 0. The average Bonchev–Trinajstić information content (AvgIpc) is 3.06. The molecule has 0 spiro atoms. The number of thiophene rings is 1. The molecule has 1 aromatic heterocycles. The fraction of sp³-hybridized carbons (Fsp3) is 0.571. The van der Waals surface area contributed by atoms with Gasteiger partial charge < -0.3 is 10.6 Å². The summed E-state index contributed by atoms with van der Waals surface area (Å²) >= 11 is 1.39. The number of hydrogen-bond donors (Lipinski definition) is 2. The Morgan fingerprint density at radius 2 is 2.50 bits per heavy atom. The molecule has 20 heavy (non-hydrogen) atoms. The third-order valence-corrected chi connectivity index (χ3v) is 4.43. The summed E-state index contributed by atoms with van der Waals surface area (Å²) in [6, 6.07) is 4.35. The Morgan fingerprint density at radius 1 is 1.65 bits per heavy atom. The van der Waals surface area contributed by atoms with Gasteiger partial charge in [0.1, 0.15) is 11.1 Å². The predicted octanol–water partition coefficient (Wildman–Crippen LogP) is 1.63. The smallest absolute Gasteiger partial charge is 0.226 e. The molecule has 5 nitrogen and oxygen atoms in total. The topological polar surface area (TPSA) is 68.2 Å². The fourth-order valence-corrected chi connectivity index (χ4v) is 3.34. The van der Waals surface area contributed by atoms with Gasteiger partial charge in [-0.15, -0.1) is 11.3 Å². The van der Waals surface area contributed by atoms with Gasteiger partial charge in [0.15, 0.2) is 0 Å². The maximum absolute atomic E-state index is 11.9. The summed E-state index contributed by atoms with van der Waals surface area (Å²) in [5.41, 5.74) is 0.539. The van der Waals surface area contributed by atoms with E-state index in [-0.39, 0.29) is 5.91 Å². The summed E-state index contributed by atoms with van der Waals surface area (Å²) in [6.07, 6.45) is 2.88. The van der Waals surface area contributed by atoms with Crippen LogP contribution in [0.5, 0.6) is 0 Å². The van der Waals surface area contributed by atoms with E-state index in [4.69, 9.17) is 5.26 Å². The lowest BCUT2D eigenvalue weighted by molar-refractivity contribution is -0.116. The Labute approximate surface area is 123 Å². The third-order valence-electron chi connectivity index (χ3n) is 3.60. The standard InChI is InChI=1S/C14H20N4OS/c1-16-10-12-3-2-6-18(12)7-4-13(19)17-14-11(9-15)5-8-20-14/h5,8,12,16H,2-4,6-7,10H2,1H3,(H,17,19). The van der Waals surface area contributed by atoms with E-state index < -0.39 is 0 Å². The van der Waals surface area contributed by atoms with Crippen LogP contribution in [0.2, 0.25) is 0 Å². The highest BCUT2D eigenvalue weighted by Crippen LogP contribution is 2.22. The lowest BCUT2D eigenvalue weighted by atomic mass is 10.2. The van der Waals surface area contributed by atoms with E-state index in [2.05, 4.69) is 21.6 Å². The minimum absolute atomic E-state index is 0.0148. The number of nitrogens with zero attached hydrogens (tertiary/aromatic N) is 2. The van der Waals surface area contributed by atoms with Crippen molar-refractivity contribution in [3.8, 4) is 6.07 Å². The highest BCUT2D eigenvalue weighted by Gasteiger charge is 2.23. The maximum Gasteiger partial charge on any atom is 0.226 e. The Morgan fingerprint density at radius 3 is 3.25 bits per heavy atom. The monoisotopic (exact) mass is 292 g/mol. The van der Waals surface area contributed by atoms with E-state index in [0.29, 0.717) is 23.0 Å². The van der Waals surface area contributed by atoms with Gasteiger partial charge in [0.2, 0.25) is 5.91 Å². The summed E-state index contributed by atoms with van der Waals surface area (Å²) in [4.78, 5) is 14.3. The van der Waals surface area contributed by atoms with E-state index >= 15 is 0 Å². The van der Waals surface area contributed by atoms with Crippen LogP contribution >= 0.6 is 11.3 Å². The van der Waals surface area contributed by atoms with Crippen molar-refractivity contribution in [2.24, 2.45) is 0 Å². The molecule has 0 bridgehead atoms. The van der Waals surface area contributed by atoms with Gasteiger partial charge in [-0.1, -0.05) is 0 Å². The van der Waals surface area contributed by atoms with E-state index in [0.717, 1.165) is 19.6 Å². The first kappa shape index (κ1) is 15.0. The van der Waals surface area contributed by atoms with Gasteiger partial charge in [-0.05, 0) is 37.9 Å². The number of carbonyl (C=O) groups excluding carboxylic acids is 1. The molecule has 1 unspecified atom stereocenters. The fourth-order valence-electron chi connectivity index (χ4n) is 2.58. The van der Waals surface area contributed by atoms with Crippen molar-refractivity contribution in [3.63, 3.8) is 0 Å². The van der Waals surface area contributed by atoms with Gasteiger partial charge in [-0.2, -0.15) is 5.26 Å². The zero-order valence-corrected chi connectivity index (χ0v) is 12.5. The van der Waals surface area contributed by atoms with Crippen LogP contribution in [0.15, 0.2) is 11.4 Å². The highest BCUT2D eigenvalue weighted by molar-refractivity contribution is 7.14. The van der Waals surface area contributed by atoms with E-state index in [1.54, 1.807) is 6.07 Å². The third kappa shape index (κ3) is 3.79. The molecule has 0 saturated carbocycles. The molecule has 1 aromatic rings. The first-order chi connectivity index (χ1) is 9.74. The van der Waals surface area contributed by atoms with Crippen LogP contribution in [0.3, 0.4) is 0 Å². The SMILES string of the molecule is CNCC1CCCN1CCC(=O)Nc1sccc1C#N. The van der Waals surface area contributed by atoms with Gasteiger partial charge in [0.05, 0.1) is 5.56 Å². The molecule has 1 saturated heterocycles. The molecule has 6 heteroatoms. The largest absolute Gasteiger partial charge is 0.318 e. The molecule has 1 amide bonds. The minimum atomic E-state index is -0.0148. The van der Waals surface area contributed by atoms with Crippen molar-refractivity contribution >= 4 is 22.2 Å². The maximum atomic E-state index is 11.9. The van der Waals surface area contributed by atoms with Crippen LogP contribution in [0.1, 0.15) is 24.8 Å². The molecule has 2 N–H and O–H groups in total. The number of hydrogen-bond acceptors (Lipinski definition) is 5. The molecular formula is C14H20N4OS. The zero-order chi connectivity index (χ0) is 14.4. The molecular weight excluding hydrogens is 272 g/mol. The van der Waals surface area contributed by atoms with Gasteiger partial charge in [-0.3, -0.25) is 9.69 Å². The van der Waals surface area contributed by atoms with Gasteiger partial charge in [-0.25, -0.2) is 0 Å². The Balaban J connectivity index is 1.79. The quantitative estimate of drug-likeness (QED) is 0.836. The van der Waals surface area contributed by atoms with Crippen molar-refractivity contribution in [2.75, 3.05) is 32.0 Å². The summed E-state index contributed by atoms with van der Waals surface area (Å²) in [6.45, 7) is 2.83. The molecule has 2 rings (SSSR count). The second kappa shape index (κ2) is 7.39. The molecule has 1 aliphatic rings. The molecule has 1 fully saturated rings. The van der Waals surface area contributed by atoms with Crippen LogP contribution < -0.4 is 10.6 Å². The number of anilines is 1. The predicted molar refractivity (Wildman–Crippen MR) is 80.8 cm³/mol. The lowest BCUT2D eigenvalue weighted by Gasteiger charge is -2.23. The van der Waals surface area contributed by atoms with Crippen LogP contribution in [-0.4, -0.2) is 43.5 Å². The Bertz CT molecular complexity index is 494. The summed E-state index contributed by atoms with van der Waals surface area (Å²) in [5.74, 6) is -0.0148. The first-order valence-corrected chi connectivity index (χ1v) is 7.78. The minimum Gasteiger partial charge on any atom is -0.318 e. The van der Waals surface area contributed by atoms with Gasteiger partial charge >= 0.3 is 0 Å². The molecule has 0 aliphatic carbocycles. The first-order valence-electron chi connectivity index (χ1n) is 6.90. The molecule has 0 aromatic carbocycles. The summed E-state index contributed by atoms with van der Waals surface area (Å²) in [7, 11) is 1.96. The normalized spacial score (nSPS) is 18.9. The Kier molecular flexibility index (Phi) is 5.53. The van der Waals surface area contributed by atoms with Crippen LogP contribution in [0.25, 0.3) is 0 Å². The molecule has 1 atom stereocenters. The number of nitriles is 1. The Hall–Kier alpha value is -1.42. The number of amides is 1. The van der Waals surface area contributed by atoms with Crippen LogP contribution in [0, 0.1) is 11.3 Å². The van der Waals surface area contributed by atoms with Crippen molar-refractivity contribution in [1.82, 2.24) is 10.2 Å². The van der Waals surface area contributed by atoms with E-state index in [1.165, 1.54) is 24.2 Å². The van der Waals surface area contributed by atoms with Gasteiger partial charge in [0.25, 0.3) is 0 Å². The highest BCUT2D eigenvalue weighted by atomic mass is 32.1. The van der Waals surface area contributed by atoms with Crippen LogP contribution in [0.4, 0.5) is 5.00 Å².